The first-order chi connectivity index (χ1) is 15.3. The van der Waals surface area contributed by atoms with Crippen molar-refractivity contribution in [2.24, 2.45) is 0 Å². The number of nitrogens with zero attached hydrogens (tertiary/aromatic N) is 5. The molecule has 0 unspecified atom stereocenters. The van der Waals surface area contributed by atoms with Gasteiger partial charge >= 0.3 is 0 Å². The van der Waals surface area contributed by atoms with E-state index in [9.17, 15) is 0 Å². The third-order valence-electron chi connectivity index (χ3n) is 5.60. The van der Waals surface area contributed by atoms with Crippen LogP contribution in [0.2, 0.25) is 0 Å². The Bertz CT molecular complexity index is 1720. The van der Waals surface area contributed by atoms with E-state index in [4.69, 9.17) is 14.4 Å². The second kappa shape index (κ2) is 6.03. The highest BCUT2D eigenvalue weighted by atomic mass is 16.3. The summed E-state index contributed by atoms with van der Waals surface area (Å²) in [5, 5.41) is 4.06. The summed E-state index contributed by atoms with van der Waals surface area (Å²) in [4.78, 5) is 23.4. The van der Waals surface area contributed by atoms with Gasteiger partial charge in [-0.05, 0) is 47.2 Å². The Morgan fingerprint density at radius 1 is 0.613 bits per heavy atom. The lowest BCUT2D eigenvalue weighted by Crippen LogP contribution is -1.94. The minimum atomic E-state index is 0.447. The zero-order valence-electron chi connectivity index (χ0n) is 16.1. The molecule has 144 valence electrons. The third kappa shape index (κ3) is 2.36. The molecule has 0 spiro atoms. The SMILES string of the molecule is c1ccc2cc3oc(-c4cnc5c6cccnc6c6ncccc6c5n4)nc3cc2c1. The van der Waals surface area contributed by atoms with Gasteiger partial charge in [0, 0.05) is 23.2 Å². The topological polar surface area (TPSA) is 77.6 Å². The molecule has 0 bridgehead atoms. The minimum absolute atomic E-state index is 0.447. The predicted molar refractivity (Wildman–Crippen MR) is 121 cm³/mol. The molecule has 0 atom stereocenters. The predicted octanol–water partition coefficient (Wildman–Crippen LogP) is 5.69. The Hall–Kier alpha value is -4.45. The van der Waals surface area contributed by atoms with Crippen LogP contribution in [0.3, 0.4) is 0 Å². The van der Waals surface area contributed by atoms with Crippen molar-refractivity contribution in [1.82, 2.24) is 24.9 Å². The maximum absolute atomic E-state index is 6.07. The molecule has 0 aliphatic rings. The number of benzene rings is 3. The molecule has 0 amide bonds. The molecule has 6 heteroatoms. The highest BCUT2D eigenvalue weighted by Crippen LogP contribution is 2.32. The molecule has 4 aromatic heterocycles. The van der Waals surface area contributed by atoms with Crippen LogP contribution in [0.5, 0.6) is 0 Å². The number of oxazole rings is 1. The van der Waals surface area contributed by atoms with Gasteiger partial charge in [0.2, 0.25) is 5.89 Å². The van der Waals surface area contributed by atoms with Crippen LogP contribution in [0.1, 0.15) is 0 Å². The summed E-state index contributed by atoms with van der Waals surface area (Å²) in [7, 11) is 0. The normalized spacial score (nSPS) is 11.9. The molecule has 0 N–H and O–H groups in total. The fourth-order valence-electron chi connectivity index (χ4n) is 4.17. The van der Waals surface area contributed by atoms with Gasteiger partial charge in [-0.2, -0.15) is 0 Å². The van der Waals surface area contributed by atoms with Crippen molar-refractivity contribution in [3.8, 4) is 11.6 Å². The standard InChI is InChI=1S/C25H13N5O/c1-2-6-15-12-20-18(11-14(15)5-1)30-25(31-20)19-13-28-23-16-7-3-9-26-21(16)22-17(24(23)29-19)8-4-10-27-22/h1-13H. The van der Waals surface area contributed by atoms with E-state index in [-0.39, 0.29) is 0 Å². The van der Waals surface area contributed by atoms with E-state index in [1.54, 1.807) is 18.6 Å². The Balaban J connectivity index is 1.52. The Labute approximate surface area is 175 Å². The van der Waals surface area contributed by atoms with Crippen molar-refractivity contribution in [3.63, 3.8) is 0 Å². The van der Waals surface area contributed by atoms with Crippen LogP contribution in [0, 0.1) is 0 Å². The van der Waals surface area contributed by atoms with Crippen molar-refractivity contribution in [2.45, 2.75) is 0 Å². The van der Waals surface area contributed by atoms with Crippen molar-refractivity contribution in [3.05, 3.63) is 79.3 Å². The molecule has 31 heavy (non-hydrogen) atoms. The van der Waals surface area contributed by atoms with E-state index in [1.807, 2.05) is 48.5 Å². The van der Waals surface area contributed by atoms with E-state index in [1.165, 1.54) is 0 Å². The average Bonchev–Trinajstić information content (AvgIpc) is 3.25. The van der Waals surface area contributed by atoms with Gasteiger partial charge in [-0.3, -0.25) is 15.0 Å². The summed E-state index contributed by atoms with van der Waals surface area (Å²) in [5.41, 5.74) is 5.28. The number of fused-ring (bicyclic) bond motifs is 8. The molecule has 4 heterocycles. The van der Waals surface area contributed by atoms with Gasteiger partial charge in [-0.1, -0.05) is 24.3 Å². The Morgan fingerprint density at radius 2 is 1.29 bits per heavy atom. The van der Waals surface area contributed by atoms with Crippen LogP contribution < -0.4 is 0 Å². The lowest BCUT2D eigenvalue weighted by Gasteiger charge is -2.07. The van der Waals surface area contributed by atoms with E-state index >= 15 is 0 Å². The van der Waals surface area contributed by atoms with Crippen LogP contribution in [0.4, 0.5) is 0 Å². The number of pyridine rings is 2. The maximum Gasteiger partial charge on any atom is 0.247 e. The molecule has 0 fully saturated rings. The van der Waals surface area contributed by atoms with Crippen LogP contribution in [0.25, 0.3) is 66.3 Å². The van der Waals surface area contributed by atoms with Gasteiger partial charge in [-0.25, -0.2) is 9.97 Å². The quantitative estimate of drug-likeness (QED) is 0.330. The van der Waals surface area contributed by atoms with E-state index in [2.05, 4.69) is 27.1 Å². The summed E-state index contributed by atoms with van der Waals surface area (Å²) < 4.78 is 6.07. The monoisotopic (exact) mass is 399 g/mol. The molecule has 7 rings (SSSR count). The van der Waals surface area contributed by atoms with Gasteiger partial charge in [-0.15, -0.1) is 0 Å². The van der Waals surface area contributed by atoms with Crippen molar-refractivity contribution in [1.29, 1.82) is 0 Å². The molecule has 0 radical (unpaired) electrons. The number of aromatic nitrogens is 5. The Morgan fingerprint density at radius 3 is 2.06 bits per heavy atom. The van der Waals surface area contributed by atoms with Crippen LogP contribution in [-0.2, 0) is 0 Å². The van der Waals surface area contributed by atoms with E-state index < -0.39 is 0 Å². The molecular weight excluding hydrogens is 386 g/mol. The largest absolute Gasteiger partial charge is 0.435 e. The van der Waals surface area contributed by atoms with Crippen LogP contribution >= 0.6 is 0 Å². The lowest BCUT2D eigenvalue weighted by molar-refractivity contribution is 0.617. The van der Waals surface area contributed by atoms with E-state index in [0.717, 1.165) is 54.7 Å². The molecule has 0 aliphatic heterocycles. The van der Waals surface area contributed by atoms with Gasteiger partial charge < -0.3 is 4.42 Å². The maximum atomic E-state index is 6.07. The second-order valence-corrected chi connectivity index (χ2v) is 7.44. The highest BCUT2D eigenvalue weighted by Gasteiger charge is 2.16. The first-order valence-corrected chi connectivity index (χ1v) is 9.93. The van der Waals surface area contributed by atoms with E-state index in [0.29, 0.717) is 11.6 Å². The zero-order valence-corrected chi connectivity index (χ0v) is 16.1. The fourth-order valence-corrected chi connectivity index (χ4v) is 4.17. The summed E-state index contributed by atoms with van der Waals surface area (Å²) in [6.45, 7) is 0. The highest BCUT2D eigenvalue weighted by molar-refractivity contribution is 6.20. The zero-order chi connectivity index (χ0) is 20.4. The number of hydrogen-bond donors (Lipinski definition) is 0. The van der Waals surface area contributed by atoms with Crippen molar-refractivity contribution >= 4 is 54.7 Å². The molecule has 0 aliphatic carbocycles. The third-order valence-corrected chi connectivity index (χ3v) is 5.60. The minimum Gasteiger partial charge on any atom is -0.435 e. The van der Waals surface area contributed by atoms with Crippen molar-refractivity contribution < 1.29 is 4.42 Å². The van der Waals surface area contributed by atoms with Gasteiger partial charge in [0.05, 0.1) is 28.3 Å². The van der Waals surface area contributed by atoms with Crippen LogP contribution in [-0.4, -0.2) is 24.9 Å². The number of hydrogen-bond acceptors (Lipinski definition) is 6. The first-order valence-electron chi connectivity index (χ1n) is 9.93. The molecule has 6 nitrogen and oxygen atoms in total. The summed E-state index contributed by atoms with van der Waals surface area (Å²) in [6.07, 6.45) is 5.25. The Kier molecular flexibility index (Phi) is 3.18. The van der Waals surface area contributed by atoms with Gasteiger partial charge in [0.15, 0.2) is 5.58 Å². The fraction of sp³-hybridized carbons (Fsp3) is 0. The average molecular weight is 399 g/mol. The molecule has 0 saturated heterocycles. The number of rotatable bonds is 1. The van der Waals surface area contributed by atoms with Crippen LogP contribution in [0.15, 0.2) is 83.7 Å². The van der Waals surface area contributed by atoms with Crippen molar-refractivity contribution in [2.75, 3.05) is 0 Å². The molecular formula is C25H13N5O. The van der Waals surface area contributed by atoms with Gasteiger partial charge in [0.1, 0.15) is 11.2 Å². The lowest BCUT2D eigenvalue weighted by atomic mass is 10.1. The first kappa shape index (κ1) is 16.4. The molecule has 0 saturated carbocycles. The summed E-state index contributed by atoms with van der Waals surface area (Å²) in [6, 6.07) is 20.0. The molecule has 7 aromatic rings. The summed E-state index contributed by atoms with van der Waals surface area (Å²) in [5.74, 6) is 0.447. The van der Waals surface area contributed by atoms with Gasteiger partial charge in [0.25, 0.3) is 0 Å². The summed E-state index contributed by atoms with van der Waals surface area (Å²) >= 11 is 0. The smallest absolute Gasteiger partial charge is 0.247 e. The molecule has 3 aromatic carbocycles. The second-order valence-electron chi connectivity index (χ2n) is 7.44.